The highest BCUT2D eigenvalue weighted by atomic mass is 32.1. The second kappa shape index (κ2) is 18.6. The molecule has 7 nitrogen and oxygen atoms in total. The largest absolute Gasteiger partial charge is 0.494 e. The number of unbranched alkanes of at least 4 members (excludes halogenated alkanes) is 5. The van der Waals surface area contributed by atoms with Crippen molar-refractivity contribution in [3.8, 4) is 5.75 Å². The molecule has 2 atom stereocenters. The zero-order valence-electron chi connectivity index (χ0n) is 29.6. The van der Waals surface area contributed by atoms with Gasteiger partial charge in [-0.2, -0.15) is 0 Å². The molecule has 0 radical (unpaired) electrons. The third-order valence-electron chi connectivity index (χ3n) is 10.1. The number of benzene rings is 2. The molecule has 3 aromatic rings. The van der Waals surface area contributed by atoms with E-state index in [1.807, 2.05) is 29.5 Å². The highest BCUT2D eigenvalue weighted by Crippen LogP contribution is 2.33. The summed E-state index contributed by atoms with van der Waals surface area (Å²) in [5.41, 5.74) is 3.26. The highest BCUT2D eigenvalue weighted by molar-refractivity contribution is 7.17. The van der Waals surface area contributed by atoms with E-state index in [9.17, 15) is 9.59 Å². The van der Waals surface area contributed by atoms with Crippen molar-refractivity contribution in [2.24, 2.45) is 11.8 Å². The Morgan fingerprint density at radius 2 is 1.73 bits per heavy atom. The van der Waals surface area contributed by atoms with Gasteiger partial charge < -0.3 is 14.4 Å². The second-order valence-corrected chi connectivity index (χ2v) is 15.1. The van der Waals surface area contributed by atoms with E-state index < -0.39 is 0 Å². The normalized spacial score (nSPS) is 16.6. The molecule has 0 N–H and O–H groups in total. The van der Waals surface area contributed by atoms with Crippen molar-refractivity contribution in [2.45, 2.75) is 97.8 Å². The average Bonchev–Trinajstić information content (AvgIpc) is 3.57. The molecule has 1 saturated heterocycles. The third-order valence-corrected chi connectivity index (χ3v) is 10.9. The number of hydrogen-bond acceptors (Lipinski definition) is 7. The number of carbonyl (C=O) groups is 2. The standard InChI is InChI=1S/C40H57N3O4S/c1-4-5-6-7-8-12-31(2)27-32(3)28-40(45)47-30-43-37-29-34(17-15-33(37)16-18-39(43)44)46-25-10-9-20-41-21-23-42(24-22-41)36-13-11-14-38-35(36)19-26-48-38/h11,13-15,17,19,26,29,31-32H,4-10,12,16,18,20-25,27-28,30H2,1-3H3. The van der Waals surface area contributed by atoms with Crippen molar-refractivity contribution in [3.05, 3.63) is 53.4 Å². The Kier molecular flexibility index (Phi) is 14.0. The van der Waals surface area contributed by atoms with Gasteiger partial charge in [-0.1, -0.05) is 71.4 Å². The Hall–Kier alpha value is -3.10. The van der Waals surface area contributed by atoms with Gasteiger partial charge in [0.2, 0.25) is 5.91 Å². The molecule has 0 bridgehead atoms. The van der Waals surface area contributed by atoms with Gasteiger partial charge in [-0.05, 0) is 79.3 Å². The lowest BCUT2D eigenvalue weighted by Gasteiger charge is -2.36. The Bertz CT molecular complexity index is 1450. The number of carbonyl (C=O) groups excluding carboxylic acids is 2. The second-order valence-electron chi connectivity index (χ2n) is 14.1. The van der Waals surface area contributed by atoms with Crippen LogP contribution in [0.5, 0.6) is 5.75 Å². The monoisotopic (exact) mass is 675 g/mol. The van der Waals surface area contributed by atoms with Crippen LogP contribution in [0.2, 0.25) is 0 Å². The van der Waals surface area contributed by atoms with Crippen molar-refractivity contribution in [3.63, 3.8) is 0 Å². The maximum absolute atomic E-state index is 12.9. The minimum absolute atomic E-state index is 0.00991. The summed E-state index contributed by atoms with van der Waals surface area (Å²) in [5, 5.41) is 3.56. The summed E-state index contributed by atoms with van der Waals surface area (Å²) >= 11 is 1.81. The van der Waals surface area contributed by atoms with Gasteiger partial charge in [0.15, 0.2) is 6.73 Å². The van der Waals surface area contributed by atoms with E-state index in [2.05, 4.69) is 60.2 Å². The van der Waals surface area contributed by atoms with E-state index in [-0.39, 0.29) is 24.5 Å². The lowest BCUT2D eigenvalue weighted by molar-refractivity contribution is -0.145. The summed E-state index contributed by atoms with van der Waals surface area (Å²) in [4.78, 5) is 32.3. The first-order chi connectivity index (χ1) is 23.4. The predicted molar refractivity (Wildman–Crippen MR) is 199 cm³/mol. The number of amides is 1. The van der Waals surface area contributed by atoms with E-state index in [4.69, 9.17) is 9.47 Å². The molecule has 1 amide bonds. The molecule has 0 saturated carbocycles. The number of aryl methyl sites for hydroxylation is 1. The number of thiophene rings is 1. The SMILES string of the molecule is CCCCCCCC(C)CC(C)CC(=O)OCN1C(=O)CCc2ccc(OCCCCN3CCN(c4cccc5sccc45)CC3)cc21. The number of esters is 1. The van der Waals surface area contributed by atoms with E-state index in [0.29, 0.717) is 31.8 Å². The minimum atomic E-state index is -0.230. The van der Waals surface area contributed by atoms with Crippen molar-refractivity contribution < 1.29 is 19.1 Å². The summed E-state index contributed by atoms with van der Waals surface area (Å²) in [6.45, 7) is 12.6. The highest BCUT2D eigenvalue weighted by Gasteiger charge is 2.26. The Morgan fingerprint density at radius 1 is 0.896 bits per heavy atom. The van der Waals surface area contributed by atoms with Crippen LogP contribution in [0.4, 0.5) is 11.4 Å². The number of ether oxygens (including phenoxy) is 2. The zero-order chi connectivity index (χ0) is 33.7. The molecule has 262 valence electrons. The first-order valence-corrected chi connectivity index (χ1v) is 19.4. The van der Waals surface area contributed by atoms with Crippen LogP contribution < -0.4 is 14.5 Å². The van der Waals surface area contributed by atoms with Gasteiger partial charge in [0.1, 0.15) is 5.75 Å². The van der Waals surface area contributed by atoms with Crippen LogP contribution in [-0.4, -0.2) is 62.8 Å². The molecule has 2 unspecified atom stereocenters. The molecule has 8 heteroatoms. The smallest absolute Gasteiger partial charge is 0.307 e. The van der Waals surface area contributed by atoms with Gasteiger partial charge in [-0.15, -0.1) is 11.3 Å². The van der Waals surface area contributed by atoms with E-state index in [1.165, 1.54) is 54.3 Å². The van der Waals surface area contributed by atoms with Gasteiger partial charge in [0.05, 0.1) is 12.3 Å². The molecule has 0 spiro atoms. The zero-order valence-corrected chi connectivity index (χ0v) is 30.4. The number of anilines is 2. The van der Waals surface area contributed by atoms with Gasteiger partial charge >= 0.3 is 5.97 Å². The molecule has 48 heavy (non-hydrogen) atoms. The summed E-state index contributed by atoms with van der Waals surface area (Å²) in [7, 11) is 0. The van der Waals surface area contributed by atoms with E-state index in [1.54, 1.807) is 4.90 Å². The maximum atomic E-state index is 12.9. The number of piperazine rings is 1. The average molecular weight is 676 g/mol. The van der Waals surface area contributed by atoms with Crippen molar-refractivity contribution in [2.75, 3.05) is 55.9 Å². The minimum Gasteiger partial charge on any atom is -0.494 e. The summed E-state index contributed by atoms with van der Waals surface area (Å²) in [6.07, 6.45) is 12.3. The topological polar surface area (TPSA) is 62.3 Å². The van der Waals surface area contributed by atoms with Gasteiger partial charge in [-0.3, -0.25) is 19.4 Å². The van der Waals surface area contributed by atoms with Crippen LogP contribution in [0.3, 0.4) is 0 Å². The fourth-order valence-corrected chi connectivity index (χ4v) is 8.11. The molecule has 2 aliphatic rings. The summed E-state index contributed by atoms with van der Waals surface area (Å²) in [6, 6.07) is 14.9. The van der Waals surface area contributed by atoms with Crippen LogP contribution in [0.25, 0.3) is 10.1 Å². The molecule has 2 aliphatic heterocycles. The lowest BCUT2D eigenvalue weighted by atomic mass is 9.91. The van der Waals surface area contributed by atoms with Gasteiger partial charge in [0, 0.05) is 60.9 Å². The van der Waals surface area contributed by atoms with Crippen LogP contribution in [-0.2, 0) is 20.7 Å². The van der Waals surface area contributed by atoms with Crippen molar-refractivity contribution >= 4 is 44.7 Å². The quantitative estimate of drug-likeness (QED) is 0.0934. The fraction of sp³-hybridized carbons (Fsp3) is 0.600. The Labute approximate surface area is 292 Å². The summed E-state index contributed by atoms with van der Waals surface area (Å²) < 4.78 is 13.2. The number of hydrogen-bond donors (Lipinski definition) is 0. The molecular weight excluding hydrogens is 619 g/mol. The van der Waals surface area contributed by atoms with Crippen LogP contribution in [0.1, 0.15) is 97.0 Å². The number of rotatable bonds is 19. The first-order valence-electron chi connectivity index (χ1n) is 18.6. The summed E-state index contributed by atoms with van der Waals surface area (Å²) in [5.74, 6) is 1.39. The van der Waals surface area contributed by atoms with Gasteiger partial charge in [-0.25, -0.2) is 0 Å². The number of fused-ring (bicyclic) bond motifs is 2. The van der Waals surface area contributed by atoms with Crippen LogP contribution in [0, 0.1) is 11.8 Å². The maximum Gasteiger partial charge on any atom is 0.307 e. The predicted octanol–water partition coefficient (Wildman–Crippen LogP) is 9.08. The van der Waals surface area contributed by atoms with E-state index >= 15 is 0 Å². The molecule has 0 aliphatic carbocycles. The first kappa shape index (κ1) is 36.2. The van der Waals surface area contributed by atoms with Crippen LogP contribution >= 0.6 is 11.3 Å². The van der Waals surface area contributed by atoms with Crippen molar-refractivity contribution in [1.82, 2.24) is 4.90 Å². The Balaban J connectivity index is 1.00. The molecule has 3 heterocycles. The van der Waals surface area contributed by atoms with E-state index in [0.717, 1.165) is 69.0 Å². The molecule has 2 aromatic carbocycles. The number of nitrogens with zero attached hydrogens (tertiary/aromatic N) is 3. The molecular formula is C40H57N3O4S. The third kappa shape index (κ3) is 10.4. The van der Waals surface area contributed by atoms with Crippen LogP contribution in [0.15, 0.2) is 47.8 Å². The Morgan fingerprint density at radius 3 is 2.56 bits per heavy atom. The lowest BCUT2D eigenvalue weighted by Crippen LogP contribution is -2.46. The van der Waals surface area contributed by atoms with Crippen molar-refractivity contribution in [1.29, 1.82) is 0 Å². The molecule has 5 rings (SSSR count). The fourth-order valence-electron chi connectivity index (χ4n) is 7.31. The van der Waals surface area contributed by atoms with Gasteiger partial charge in [0.25, 0.3) is 0 Å². The molecule has 1 fully saturated rings. The molecule has 1 aromatic heterocycles.